The van der Waals surface area contributed by atoms with E-state index in [1.54, 1.807) is 14.1 Å². The fourth-order valence-electron chi connectivity index (χ4n) is 5.09. The van der Waals surface area contributed by atoms with E-state index in [1.165, 1.54) is 9.80 Å². The van der Waals surface area contributed by atoms with Crippen LogP contribution in [0.1, 0.15) is 6.42 Å². The van der Waals surface area contributed by atoms with Gasteiger partial charge in [0.1, 0.15) is 6.54 Å². The third kappa shape index (κ3) is 5.86. The van der Waals surface area contributed by atoms with Gasteiger partial charge in [-0.05, 0) is 18.3 Å². The topological polar surface area (TPSA) is 107 Å². The Bertz CT molecular complexity index is 768. The molecule has 0 aromatic rings. The summed E-state index contributed by atoms with van der Waals surface area (Å²) in [6.45, 7) is 5.52. The van der Waals surface area contributed by atoms with Gasteiger partial charge in [0, 0.05) is 53.4 Å². The maximum Gasteiger partial charge on any atom is 0.243 e. The molecule has 1 saturated carbocycles. The second-order valence-electron chi connectivity index (χ2n) is 9.09. The highest BCUT2D eigenvalue weighted by Gasteiger charge is 2.58. The number of carbonyl (C=O) groups is 3. The Balaban J connectivity index is 0.00000306. The SMILES string of the molecule is CN(C)C(=O)CN=C(NCCN1CCOCC1)NCCN1C(=O)C2C3C=CC(C3)C2C1=O.I. The molecule has 4 atom stereocenters. The second kappa shape index (κ2) is 11.6. The number of nitrogens with one attached hydrogen (secondary N) is 2. The van der Waals surface area contributed by atoms with Gasteiger partial charge in [0.05, 0.1) is 25.0 Å². The summed E-state index contributed by atoms with van der Waals surface area (Å²) in [6.07, 6.45) is 5.13. The molecule has 2 bridgehead atoms. The monoisotopic (exact) mass is 574 g/mol. The summed E-state index contributed by atoms with van der Waals surface area (Å²) >= 11 is 0. The molecular weight excluding hydrogens is 539 g/mol. The number of allylic oxidation sites excluding steroid dienone is 2. The first-order valence-corrected chi connectivity index (χ1v) is 11.5. The highest BCUT2D eigenvalue weighted by Crippen LogP contribution is 2.52. The summed E-state index contributed by atoms with van der Waals surface area (Å²) in [4.78, 5) is 47.2. The summed E-state index contributed by atoms with van der Waals surface area (Å²) < 4.78 is 5.37. The number of imide groups is 1. The highest BCUT2D eigenvalue weighted by molar-refractivity contribution is 14.0. The summed E-state index contributed by atoms with van der Waals surface area (Å²) in [5.41, 5.74) is 0. The van der Waals surface area contributed by atoms with E-state index in [-0.39, 0.29) is 71.9 Å². The van der Waals surface area contributed by atoms with Crippen molar-refractivity contribution in [2.45, 2.75) is 6.42 Å². The third-order valence-corrected chi connectivity index (χ3v) is 6.88. The standard InChI is InChI=1S/C22H34N6O4.HI/c1-26(2)17(29)14-25-22(23-5-7-27-9-11-32-12-10-27)24-6-8-28-20(30)18-15-3-4-16(13-15)19(18)21(28)31;/h3-4,15-16,18-19H,5-14H2,1-2H3,(H2,23,24,25);1H. The van der Waals surface area contributed by atoms with Gasteiger partial charge < -0.3 is 20.3 Å². The molecule has 2 N–H and O–H groups in total. The van der Waals surface area contributed by atoms with Crippen LogP contribution in [0.5, 0.6) is 0 Å². The molecule has 2 saturated heterocycles. The van der Waals surface area contributed by atoms with Crippen LogP contribution in [-0.2, 0) is 19.1 Å². The van der Waals surface area contributed by atoms with Gasteiger partial charge in [-0.1, -0.05) is 12.2 Å². The van der Waals surface area contributed by atoms with E-state index in [9.17, 15) is 14.4 Å². The molecule has 184 valence electrons. The molecule has 4 aliphatic rings. The fourth-order valence-corrected chi connectivity index (χ4v) is 5.09. The van der Waals surface area contributed by atoms with Gasteiger partial charge in [-0.25, -0.2) is 4.99 Å². The molecular formula is C22H35IN6O4. The zero-order chi connectivity index (χ0) is 22.7. The average Bonchev–Trinajstić information content (AvgIpc) is 3.47. The molecule has 3 amide bonds. The van der Waals surface area contributed by atoms with Crippen LogP contribution in [0.25, 0.3) is 0 Å². The molecule has 10 nitrogen and oxygen atoms in total. The Hall–Kier alpha value is -1.73. The minimum absolute atomic E-state index is 0. The number of rotatable bonds is 8. The Labute approximate surface area is 212 Å². The molecule has 0 radical (unpaired) electrons. The molecule has 2 aliphatic heterocycles. The van der Waals surface area contributed by atoms with Crippen molar-refractivity contribution in [3.05, 3.63) is 12.2 Å². The molecule has 4 unspecified atom stereocenters. The predicted octanol–water partition coefficient (Wildman–Crippen LogP) is -0.633. The van der Waals surface area contributed by atoms with Crippen LogP contribution in [0.15, 0.2) is 17.1 Å². The number of hydrogen-bond acceptors (Lipinski definition) is 6. The van der Waals surface area contributed by atoms with Crippen LogP contribution >= 0.6 is 24.0 Å². The van der Waals surface area contributed by atoms with Gasteiger partial charge in [0.2, 0.25) is 17.7 Å². The summed E-state index contributed by atoms with van der Waals surface area (Å²) in [5.74, 6) is 0.422. The number of amides is 3. The van der Waals surface area contributed by atoms with Crippen LogP contribution in [0, 0.1) is 23.7 Å². The summed E-state index contributed by atoms with van der Waals surface area (Å²) in [5, 5.41) is 6.45. The Morgan fingerprint density at radius 2 is 1.64 bits per heavy atom. The number of nitrogens with zero attached hydrogens (tertiary/aromatic N) is 4. The number of ether oxygens (including phenoxy) is 1. The molecule has 2 aliphatic carbocycles. The van der Waals surface area contributed by atoms with Crippen molar-refractivity contribution in [3.63, 3.8) is 0 Å². The van der Waals surface area contributed by atoms with Gasteiger partial charge >= 0.3 is 0 Å². The zero-order valence-electron chi connectivity index (χ0n) is 19.4. The van der Waals surface area contributed by atoms with Gasteiger partial charge in [0.15, 0.2) is 5.96 Å². The molecule has 0 aromatic carbocycles. The van der Waals surface area contributed by atoms with Crippen LogP contribution in [0.3, 0.4) is 0 Å². The Kier molecular flexibility index (Phi) is 9.10. The van der Waals surface area contributed by atoms with E-state index in [0.29, 0.717) is 25.6 Å². The molecule has 0 spiro atoms. The number of likely N-dealkylation sites (N-methyl/N-ethyl adjacent to an activating group) is 1. The molecule has 0 aromatic heterocycles. The van der Waals surface area contributed by atoms with Crippen molar-refractivity contribution < 1.29 is 19.1 Å². The lowest BCUT2D eigenvalue weighted by Crippen LogP contribution is -2.47. The van der Waals surface area contributed by atoms with E-state index in [1.807, 2.05) is 0 Å². The minimum atomic E-state index is -0.171. The van der Waals surface area contributed by atoms with E-state index in [4.69, 9.17) is 4.74 Å². The van der Waals surface area contributed by atoms with Crippen molar-refractivity contribution >= 4 is 47.7 Å². The minimum Gasteiger partial charge on any atom is -0.379 e. The van der Waals surface area contributed by atoms with Gasteiger partial charge in [-0.15, -0.1) is 24.0 Å². The van der Waals surface area contributed by atoms with E-state index in [2.05, 4.69) is 32.7 Å². The van der Waals surface area contributed by atoms with Gasteiger partial charge in [-0.2, -0.15) is 0 Å². The Morgan fingerprint density at radius 1 is 1.06 bits per heavy atom. The van der Waals surface area contributed by atoms with Gasteiger partial charge in [-0.3, -0.25) is 24.2 Å². The number of halogens is 1. The quantitative estimate of drug-likeness (QED) is 0.131. The molecule has 4 rings (SSSR count). The lowest BCUT2D eigenvalue weighted by atomic mass is 9.85. The number of morpholine rings is 1. The number of carbonyl (C=O) groups excluding carboxylic acids is 3. The first-order valence-electron chi connectivity index (χ1n) is 11.5. The number of fused-ring (bicyclic) bond motifs is 5. The molecule has 3 fully saturated rings. The predicted molar refractivity (Wildman–Crippen MR) is 134 cm³/mol. The maximum absolute atomic E-state index is 12.8. The van der Waals surface area contributed by atoms with Crippen molar-refractivity contribution in [1.82, 2.24) is 25.3 Å². The largest absolute Gasteiger partial charge is 0.379 e. The number of likely N-dealkylation sites (tertiary alicyclic amines) is 1. The number of aliphatic imine (C=N–C) groups is 1. The number of guanidine groups is 1. The van der Waals surface area contributed by atoms with Gasteiger partial charge in [0.25, 0.3) is 0 Å². The lowest BCUT2D eigenvalue weighted by Gasteiger charge is -2.27. The Morgan fingerprint density at radius 3 is 2.21 bits per heavy atom. The first-order chi connectivity index (χ1) is 15.5. The lowest BCUT2D eigenvalue weighted by molar-refractivity contribution is -0.140. The number of hydrogen-bond donors (Lipinski definition) is 2. The summed E-state index contributed by atoms with van der Waals surface area (Å²) in [7, 11) is 3.39. The van der Waals surface area contributed by atoms with E-state index in [0.717, 1.165) is 39.3 Å². The first kappa shape index (κ1) is 25.9. The van der Waals surface area contributed by atoms with E-state index >= 15 is 0 Å². The second-order valence-corrected chi connectivity index (χ2v) is 9.09. The summed E-state index contributed by atoms with van der Waals surface area (Å²) in [6, 6.07) is 0. The maximum atomic E-state index is 12.8. The average molecular weight is 574 g/mol. The fraction of sp³-hybridized carbons (Fsp3) is 0.727. The van der Waals surface area contributed by atoms with Crippen LogP contribution in [0.2, 0.25) is 0 Å². The normalized spacial score (nSPS) is 28.7. The van der Waals surface area contributed by atoms with Crippen LogP contribution in [0.4, 0.5) is 0 Å². The third-order valence-electron chi connectivity index (χ3n) is 6.88. The highest BCUT2D eigenvalue weighted by atomic mass is 127. The van der Waals surface area contributed by atoms with Crippen molar-refractivity contribution in [3.8, 4) is 0 Å². The smallest absolute Gasteiger partial charge is 0.243 e. The van der Waals surface area contributed by atoms with Crippen molar-refractivity contribution in [2.24, 2.45) is 28.7 Å². The zero-order valence-corrected chi connectivity index (χ0v) is 21.7. The molecule has 11 heteroatoms. The molecule has 33 heavy (non-hydrogen) atoms. The molecule has 2 heterocycles. The van der Waals surface area contributed by atoms with E-state index < -0.39 is 0 Å². The van der Waals surface area contributed by atoms with Crippen molar-refractivity contribution in [2.75, 3.05) is 73.1 Å². The van der Waals surface area contributed by atoms with Crippen LogP contribution < -0.4 is 10.6 Å². The van der Waals surface area contributed by atoms with Crippen LogP contribution in [-0.4, -0.2) is 112 Å². The van der Waals surface area contributed by atoms with Crippen molar-refractivity contribution in [1.29, 1.82) is 0 Å².